The number of hydrogen-bond donors (Lipinski definition) is 2. The summed E-state index contributed by atoms with van der Waals surface area (Å²) in [7, 11) is -1.82. The van der Waals surface area contributed by atoms with E-state index in [9.17, 15) is 8.42 Å². The summed E-state index contributed by atoms with van der Waals surface area (Å²) in [6.07, 6.45) is 2.59. The fourth-order valence-electron chi connectivity index (χ4n) is 2.17. The normalized spacial score (nSPS) is 18.4. The van der Waals surface area contributed by atoms with Gasteiger partial charge in [0.05, 0.1) is 6.61 Å². The molecule has 1 saturated heterocycles. The average Bonchev–Trinajstić information content (AvgIpc) is 2.37. The summed E-state index contributed by atoms with van der Waals surface area (Å²) in [5.74, 6) is 0. The summed E-state index contributed by atoms with van der Waals surface area (Å²) in [5, 5.41) is 3.25. The molecule has 0 amide bonds. The molecule has 0 atom stereocenters. The summed E-state index contributed by atoms with van der Waals surface area (Å²) in [4.78, 5) is 0. The molecule has 1 fully saturated rings. The SMILES string of the molecule is CCCN(C1CCNCC1)S(=O)(=O)NCCOC. The molecule has 0 radical (unpaired) electrons. The Morgan fingerprint density at radius 1 is 1.39 bits per heavy atom. The molecule has 0 aliphatic carbocycles. The Hall–Kier alpha value is -0.210. The smallest absolute Gasteiger partial charge is 0.279 e. The Balaban J connectivity index is 2.63. The molecule has 0 bridgehead atoms. The van der Waals surface area contributed by atoms with Crippen molar-refractivity contribution in [3.8, 4) is 0 Å². The monoisotopic (exact) mass is 279 g/mol. The van der Waals surface area contributed by atoms with Gasteiger partial charge in [-0.05, 0) is 32.4 Å². The molecule has 1 heterocycles. The molecule has 0 aromatic carbocycles. The third-order valence-corrected chi connectivity index (χ3v) is 4.73. The second-order valence-corrected chi connectivity index (χ2v) is 6.19. The third-order valence-electron chi connectivity index (χ3n) is 3.06. The van der Waals surface area contributed by atoms with E-state index >= 15 is 0 Å². The number of nitrogens with zero attached hydrogens (tertiary/aromatic N) is 1. The van der Waals surface area contributed by atoms with Gasteiger partial charge in [0.2, 0.25) is 0 Å². The number of nitrogens with one attached hydrogen (secondary N) is 2. The van der Waals surface area contributed by atoms with Crippen LogP contribution in [0.4, 0.5) is 0 Å². The van der Waals surface area contributed by atoms with Crippen molar-refractivity contribution < 1.29 is 13.2 Å². The van der Waals surface area contributed by atoms with Gasteiger partial charge < -0.3 is 10.1 Å². The van der Waals surface area contributed by atoms with Crippen LogP contribution in [0, 0.1) is 0 Å². The van der Waals surface area contributed by atoms with E-state index in [0.717, 1.165) is 32.4 Å². The van der Waals surface area contributed by atoms with Gasteiger partial charge in [-0.15, -0.1) is 0 Å². The van der Waals surface area contributed by atoms with Crippen molar-refractivity contribution in [3.05, 3.63) is 0 Å². The first kappa shape index (κ1) is 15.8. The predicted molar refractivity (Wildman–Crippen MR) is 71.7 cm³/mol. The van der Waals surface area contributed by atoms with Gasteiger partial charge in [-0.25, -0.2) is 0 Å². The first-order valence-corrected chi connectivity index (χ1v) is 8.02. The van der Waals surface area contributed by atoms with Crippen LogP contribution in [0.25, 0.3) is 0 Å². The largest absolute Gasteiger partial charge is 0.383 e. The van der Waals surface area contributed by atoms with Crippen LogP contribution in [0.1, 0.15) is 26.2 Å². The Kier molecular flexibility index (Phi) is 7.10. The highest BCUT2D eigenvalue weighted by atomic mass is 32.2. The Morgan fingerprint density at radius 3 is 2.61 bits per heavy atom. The van der Waals surface area contributed by atoms with Crippen LogP contribution in [0.15, 0.2) is 0 Å². The first-order valence-electron chi connectivity index (χ1n) is 6.58. The zero-order valence-corrected chi connectivity index (χ0v) is 12.1. The van der Waals surface area contributed by atoms with E-state index < -0.39 is 10.2 Å². The van der Waals surface area contributed by atoms with Gasteiger partial charge in [0.25, 0.3) is 10.2 Å². The van der Waals surface area contributed by atoms with Crippen LogP contribution in [-0.4, -0.2) is 58.7 Å². The molecule has 18 heavy (non-hydrogen) atoms. The summed E-state index contributed by atoms with van der Waals surface area (Å²) in [6.45, 7) is 5.07. The fourth-order valence-corrected chi connectivity index (χ4v) is 3.70. The van der Waals surface area contributed by atoms with Crippen LogP contribution in [0.3, 0.4) is 0 Å². The third kappa shape index (κ3) is 4.81. The topological polar surface area (TPSA) is 70.7 Å². The lowest BCUT2D eigenvalue weighted by molar-refractivity contribution is 0.202. The zero-order chi connectivity index (χ0) is 13.4. The molecule has 0 saturated carbocycles. The summed E-state index contributed by atoms with van der Waals surface area (Å²) in [6, 6.07) is 0.117. The zero-order valence-electron chi connectivity index (χ0n) is 11.3. The standard InChI is InChI=1S/C11H25N3O3S/c1-3-9-14(11-4-6-12-7-5-11)18(15,16)13-8-10-17-2/h11-13H,3-10H2,1-2H3. The van der Waals surface area contributed by atoms with Gasteiger partial charge in [-0.3, -0.25) is 0 Å². The van der Waals surface area contributed by atoms with E-state index in [1.165, 1.54) is 0 Å². The van der Waals surface area contributed by atoms with E-state index in [1.54, 1.807) is 11.4 Å². The molecular formula is C11H25N3O3S. The molecule has 0 spiro atoms. The number of ether oxygens (including phenoxy) is 1. The van der Waals surface area contributed by atoms with Crippen molar-refractivity contribution in [2.75, 3.05) is 39.9 Å². The fraction of sp³-hybridized carbons (Fsp3) is 1.00. The van der Waals surface area contributed by atoms with Crippen molar-refractivity contribution >= 4 is 10.2 Å². The lowest BCUT2D eigenvalue weighted by Gasteiger charge is -2.33. The maximum atomic E-state index is 12.2. The van der Waals surface area contributed by atoms with Gasteiger partial charge in [0.1, 0.15) is 0 Å². The predicted octanol–water partition coefficient (Wildman–Crippen LogP) is -0.0688. The Labute approximate surface area is 110 Å². The average molecular weight is 279 g/mol. The number of methoxy groups -OCH3 is 1. The maximum Gasteiger partial charge on any atom is 0.279 e. The van der Waals surface area contributed by atoms with Crippen LogP contribution >= 0.6 is 0 Å². The van der Waals surface area contributed by atoms with E-state index in [2.05, 4.69) is 10.0 Å². The molecule has 0 unspecified atom stereocenters. The second kappa shape index (κ2) is 8.06. The van der Waals surface area contributed by atoms with Crippen molar-refractivity contribution in [1.29, 1.82) is 0 Å². The van der Waals surface area contributed by atoms with Crippen LogP contribution in [0.2, 0.25) is 0 Å². The number of rotatable bonds is 8. The lowest BCUT2D eigenvalue weighted by atomic mass is 10.1. The van der Waals surface area contributed by atoms with Gasteiger partial charge >= 0.3 is 0 Å². The minimum absolute atomic E-state index is 0.117. The Morgan fingerprint density at radius 2 is 2.06 bits per heavy atom. The quantitative estimate of drug-likeness (QED) is 0.610. The molecule has 2 N–H and O–H groups in total. The highest BCUT2D eigenvalue weighted by molar-refractivity contribution is 7.87. The minimum Gasteiger partial charge on any atom is -0.383 e. The van der Waals surface area contributed by atoms with Gasteiger partial charge in [-0.1, -0.05) is 6.92 Å². The maximum absolute atomic E-state index is 12.2. The van der Waals surface area contributed by atoms with E-state index in [-0.39, 0.29) is 6.04 Å². The molecule has 1 aliphatic rings. The first-order chi connectivity index (χ1) is 8.61. The van der Waals surface area contributed by atoms with E-state index in [1.807, 2.05) is 6.92 Å². The number of piperidine rings is 1. The van der Waals surface area contributed by atoms with Crippen molar-refractivity contribution in [3.63, 3.8) is 0 Å². The second-order valence-electron chi connectivity index (χ2n) is 4.48. The molecule has 6 nitrogen and oxygen atoms in total. The summed E-state index contributed by atoms with van der Waals surface area (Å²) < 4.78 is 33.5. The molecular weight excluding hydrogens is 254 g/mol. The van der Waals surface area contributed by atoms with Crippen molar-refractivity contribution in [1.82, 2.24) is 14.3 Å². The molecule has 7 heteroatoms. The number of hydrogen-bond acceptors (Lipinski definition) is 4. The minimum atomic E-state index is -3.38. The highest BCUT2D eigenvalue weighted by Crippen LogP contribution is 2.15. The van der Waals surface area contributed by atoms with Crippen molar-refractivity contribution in [2.45, 2.75) is 32.2 Å². The molecule has 108 valence electrons. The van der Waals surface area contributed by atoms with Crippen LogP contribution < -0.4 is 10.0 Å². The molecule has 1 aliphatic heterocycles. The lowest BCUT2D eigenvalue weighted by Crippen LogP contribution is -2.50. The summed E-state index contributed by atoms with van der Waals surface area (Å²) >= 11 is 0. The van der Waals surface area contributed by atoms with Crippen LogP contribution in [-0.2, 0) is 14.9 Å². The summed E-state index contributed by atoms with van der Waals surface area (Å²) in [5.41, 5.74) is 0. The van der Waals surface area contributed by atoms with Crippen molar-refractivity contribution in [2.24, 2.45) is 0 Å². The van der Waals surface area contributed by atoms with Gasteiger partial charge in [-0.2, -0.15) is 17.4 Å². The van der Waals surface area contributed by atoms with E-state index in [0.29, 0.717) is 19.7 Å². The van der Waals surface area contributed by atoms with Crippen LogP contribution in [0.5, 0.6) is 0 Å². The Bertz CT molecular complexity index is 315. The molecule has 1 rings (SSSR count). The molecule has 0 aromatic heterocycles. The van der Waals surface area contributed by atoms with Gasteiger partial charge in [0, 0.05) is 26.2 Å². The van der Waals surface area contributed by atoms with Gasteiger partial charge in [0.15, 0.2) is 0 Å². The van der Waals surface area contributed by atoms with E-state index in [4.69, 9.17) is 4.74 Å². The highest BCUT2D eigenvalue weighted by Gasteiger charge is 2.29. The molecule has 0 aromatic rings.